The van der Waals surface area contributed by atoms with E-state index < -0.39 is 12.2 Å². The van der Waals surface area contributed by atoms with Crippen molar-refractivity contribution in [3.63, 3.8) is 0 Å². The molecule has 1 aliphatic rings. The second kappa shape index (κ2) is 10.3. The van der Waals surface area contributed by atoms with Gasteiger partial charge >= 0.3 is 5.97 Å². The number of piperazine rings is 1. The molecule has 0 bridgehead atoms. The predicted molar refractivity (Wildman–Crippen MR) is 125 cm³/mol. The zero-order valence-corrected chi connectivity index (χ0v) is 19.5. The quantitative estimate of drug-likeness (QED) is 0.459. The van der Waals surface area contributed by atoms with Crippen LogP contribution in [0.25, 0.3) is 11.4 Å². The van der Waals surface area contributed by atoms with Crippen LogP contribution in [0.1, 0.15) is 44.2 Å². The summed E-state index contributed by atoms with van der Waals surface area (Å²) in [5, 5.41) is 35.1. The summed E-state index contributed by atoms with van der Waals surface area (Å²) in [5.41, 5.74) is 2.80. The Morgan fingerprint density at radius 3 is 2.65 bits per heavy atom. The molecule has 10 heteroatoms. The first-order valence-corrected chi connectivity index (χ1v) is 11.4. The van der Waals surface area contributed by atoms with Crippen molar-refractivity contribution in [3.8, 4) is 17.1 Å². The van der Waals surface area contributed by atoms with Crippen LogP contribution in [0.3, 0.4) is 0 Å². The molecule has 1 fully saturated rings. The molecule has 34 heavy (non-hydrogen) atoms. The van der Waals surface area contributed by atoms with Gasteiger partial charge in [-0.25, -0.2) is 4.79 Å². The van der Waals surface area contributed by atoms with Crippen molar-refractivity contribution in [2.75, 3.05) is 19.7 Å². The highest BCUT2D eigenvalue weighted by Crippen LogP contribution is 2.34. The van der Waals surface area contributed by atoms with Gasteiger partial charge in [0.15, 0.2) is 0 Å². The van der Waals surface area contributed by atoms with E-state index in [9.17, 15) is 15.0 Å². The summed E-state index contributed by atoms with van der Waals surface area (Å²) in [5.74, 6) is -0.636. The van der Waals surface area contributed by atoms with Gasteiger partial charge < -0.3 is 20.3 Å². The van der Waals surface area contributed by atoms with Crippen molar-refractivity contribution < 1.29 is 19.7 Å². The van der Waals surface area contributed by atoms with E-state index in [0.29, 0.717) is 23.5 Å². The second-order valence-corrected chi connectivity index (χ2v) is 8.55. The van der Waals surface area contributed by atoms with Gasteiger partial charge in [-0.3, -0.25) is 4.90 Å². The summed E-state index contributed by atoms with van der Waals surface area (Å²) >= 11 is 0. The Kier molecular flexibility index (Phi) is 7.20. The number of hydrogen-bond acceptors (Lipinski definition) is 8. The van der Waals surface area contributed by atoms with Crippen molar-refractivity contribution in [2.45, 2.75) is 45.1 Å². The first-order valence-electron chi connectivity index (χ1n) is 11.4. The fourth-order valence-corrected chi connectivity index (χ4v) is 4.33. The van der Waals surface area contributed by atoms with E-state index in [0.717, 1.165) is 29.0 Å². The van der Waals surface area contributed by atoms with E-state index in [4.69, 9.17) is 4.74 Å². The number of phenols is 1. The number of nitrogens with zero attached hydrogens (tertiary/aromatic N) is 5. The number of hydrogen-bond donors (Lipinski definition) is 3. The Morgan fingerprint density at radius 1 is 1.21 bits per heavy atom. The van der Waals surface area contributed by atoms with Crippen LogP contribution in [-0.2, 0) is 9.53 Å². The summed E-state index contributed by atoms with van der Waals surface area (Å²) in [7, 11) is 0. The highest BCUT2D eigenvalue weighted by molar-refractivity contribution is 5.70. The average molecular weight is 467 g/mol. The lowest BCUT2D eigenvalue weighted by Crippen LogP contribution is -2.55. The average Bonchev–Trinajstić information content (AvgIpc) is 3.30. The van der Waals surface area contributed by atoms with Gasteiger partial charge in [0.2, 0.25) is 5.82 Å². The smallest absolute Gasteiger partial charge is 0.357 e. The van der Waals surface area contributed by atoms with Gasteiger partial charge in [-0.1, -0.05) is 36.4 Å². The van der Waals surface area contributed by atoms with E-state index in [-0.39, 0.29) is 18.4 Å². The summed E-state index contributed by atoms with van der Waals surface area (Å²) < 4.78 is 5.20. The first kappa shape index (κ1) is 23.8. The maximum Gasteiger partial charge on any atom is 0.357 e. The molecule has 10 nitrogen and oxygen atoms in total. The number of phenolic OH excluding ortho intramolecular Hbond substituents is 1. The molecule has 0 aliphatic carbocycles. The van der Waals surface area contributed by atoms with E-state index >= 15 is 0 Å². The molecule has 1 unspecified atom stereocenters. The Bertz CT molecular complexity index is 1120. The lowest BCUT2D eigenvalue weighted by Gasteiger charge is -2.43. The number of nitrogens with one attached hydrogen (secondary N) is 1. The topological polar surface area (TPSA) is 126 Å². The van der Waals surface area contributed by atoms with Crippen LogP contribution in [0.2, 0.25) is 0 Å². The lowest BCUT2D eigenvalue weighted by atomic mass is 9.93. The van der Waals surface area contributed by atoms with Crippen LogP contribution in [-0.4, -0.2) is 73.1 Å². The molecule has 2 aromatic carbocycles. The monoisotopic (exact) mass is 466 g/mol. The van der Waals surface area contributed by atoms with Crippen molar-refractivity contribution >= 4 is 5.97 Å². The minimum Gasteiger partial charge on any atom is -0.508 e. The van der Waals surface area contributed by atoms with Crippen molar-refractivity contribution in [1.29, 1.82) is 0 Å². The highest BCUT2D eigenvalue weighted by Gasteiger charge is 2.31. The van der Waals surface area contributed by atoms with Gasteiger partial charge in [0.25, 0.3) is 6.23 Å². The Morgan fingerprint density at radius 2 is 1.97 bits per heavy atom. The second-order valence-electron chi connectivity index (χ2n) is 8.55. The van der Waals surface area contributed by atoms with E-state index in [1.54, 1.807) is 13.0 Å². The van der Waals surface area contributed by atoms with Gasteiger partial charge in [0.05, 0.1) is 6.04 Å². The molecule has 3 aromatic rings. The fourth-order valence-electron chi connectivity index (χ4n) is 4.33. The summed E-state index contributed by atoms with van der Waals surface area (Å²) in [6.07, 6.45) is -1.32. The molecule has 1 aromatic heterocycles. The van der Waals surface area contributed by atoms with Crippen LogP contribution < -0.4 is 5.32 Å². The van der Waals surface area contributed by atoms with Crippen molar-refractivity contribution in [1.82, 2.24) is 30.4 Å². The normalized spacial score (nSPS) is 20.7. The number of tetrazole rings is 1. The zero-order valence-electron chi connectivity index (χ0n) is 19.5. The van der Waals surface area contributed by atoms with Crippen molar-refractivity contribution in [3.05, 3.63) is 59.7 Å². The van der Waals surface area contributed by atoms with Crippen molar-refractivity contribution in [2.24, 2.45) is 0 Å². The molecule has 0 saturated carbocycles. The number of aromatic hydroxyl groups is 1. The Hall–Kier alpha value is -3.34. The minimum atomic E-state index is -1.32. The molecule has 2 heterocycles. The SMILES string of the molecule is CCOC(C(=O)O)n1nnc(-c2ccc([C@H](c3cccc(O)c3)N3C[C@@H](C)NC[C@@H]3C)cc2)n1. The third-order valence-corrected chi connectivity index (χ3v) is 5.99. The van der Waals surface area contributed by atoms with Crippen LogP contribution in [0.5, 0.6) is 5.75 Å². The number of aromatic nitrogens is 4. The molecule has 0 amide bonds. The number of rotatable bonds is 8. The molecule has 4 rings (SSSR count). The Labute approximate surface area is 198 Å². The zero-order chi connectivity index (χ0) is 24.2. The predicted octanol–water partition coefficient (Wildman–Crippen LogP) is 2.44. The van der Waals surface area contributed by atoms with Gasteiger partial charge in [-0.2, -0.15) is 0 Å². The summed E-state index contributed by atoms with van der Waals surface area (Å²) in [4.78, 5) is 14.8. The standard InChI is InChI=1S/C24H30N6O4/c1-4-34-23(24(32)33)30-27-22(26-28-30)18-10-8-17(9-11-18)21(19-6-5-7-20(31)12-19)29-14-15(2)25-13-16(29)3/h5-12,15-16,21,23,25,31H,4,13-14H2,1-3H3,(H,32,33)/t15-,16+,21-,23?/m1/s1. The highest BCUT2D eigenvalue weighted by atomic mass is 16.5. The number of ether oxygens (including phenoxy) is 1. The molecule has 0 radical (unpaired) electrons. The maximum atomic E-state index is 11.4. The first-order chi connectivity index (χ1) is 16.4. The number of carboxylic acid groups (broad SMARTS) is 1. The summed E-state index contributed by atoms with van der Waals surface area (Å²) in [6.45, 7) is 8.03. The molecular formula is C24H30N6O4. The molecule has 4 atom stereocenters. The lowest BCUT2D eigenvalue weighted by molar-refractivity contribution is -0.159. The van der Waals surface area contributed by atoms with Gasteiger partial charge in [-0.15, -0.1) is 15.0 Å². The number of carbonyl (C=O) groups is 1. The van der Waals surface area contributed by atoms with E-state index in [2.05, 4.69) is 39.5 Å². The van der Waals surface area contributed by atoms with E-state index in [1.807, 2.05) is 42.5 Å². The molecule has 1 aliphatic heterocycles. The van der Waals surface area contributed by atoms with Gasteiger partial charge in [-0.05, 0) is 49.2 Å². The Balaban J connectivity index is 1.65. The van der Waals surface area contributed by atoms with Crippen LogP contribution >= 0.6 is 0 Å². The van der Waals surface area contributed by atoms with Gasteiger partial charge in [0, 0.05) is 37.3 Å². The molecule has 180 valence electrons. The molecule has 0 spiro atoms. The third kappa shape index (κ3) is 5.09. The number of aliphatic carboxylic acids is 1. The van der Waals surface area contributed by atoms with Gasteiger partial charge in [0.1, 0.15) is 5.75 Å². The largest absolute Gasteiger partial charge is 0.508 e. The third-order valence-electron chi connectivity index (χ3n) is 5.99. The molecule has 3 N–H and O–H groups in total. The van der Waals surface area contributed by atoms with Crippen LogP contribution in [0.15, 0.2) is 48.5 Å². The maximum absolute atomic E-state index is 11.4. The molecular weight excluding hydrogens is 436 g/mol. The fraction of sp³-hybridized carbons (Fsp3) is 0.417. The molecule has 1 saturated heterocycles. The van der Waals surface area contributed by atoms with E-state index in [1.165, 1.54) is 0 Å². The van der Waals surface area contributed by atoms with Crippen LogP contribution in [0.4, 0.5) is 0 Å². The number of benzene rings is 2. The summed E-state index contributed by atoms with van der Waals surface area (Å²) in [6, 6.07) is 15.8. The minimum absolute atomic E-state index is 0.0429. The number of carboxylic acids is 1. The van der Waals surface area contributed by atoms with Crippen LogP contribution in [0, 0.1) is 0 Å².